The van der Waals surface area contributed by atoms with Crippen molar-refractivity contribution in [2.24, 2.45) is 7.05 Å². The minimum Gasteiger partial charge on any atom is -0.398 e. The van der Waals surface area contributed by atoms with Crippen molar-refractivity contribution in [3.05, 3.63) is 58.7 Å². The summed E-state index contributed by atoms with van der Waals surface area (Å²) in [5, 5.41) is 5.38. The lowest BCUT2D eigenvalue weighted by atomic mass is 9.95. The van der Waals surface area contributed by atoms with Gasteiger partial charge in [0, 0.05) is 29.1 Å². The Hall–Kier alpha value is -2.60. The Morgan fingerprint density at radius 2 is 2.16 bits per heavy atom. The smallest absolute Gasteiger partial charge is 0.256 e. The van der Waals surface area contributed by atoms with Crippen LogP contribution in [0.4, 0.5) is 5.69 Å². The van der Waals surface area contributed by atoms with Crippen molar-refractivity contribution in [3.63, 3.8) is 0 Å². The lowest BCUT2D eigenvalue weighted by Crippen LogP contribution is -2.25. The molecule has 4 rings (SSSR count). The van der Waals surface area contributed by atoms with Crippen molar-refractivity contribution < 1.29 is 4.79 Å². The summed E-state index contributed by atoms with van der Waals surface area (Å²) in [6.07, 6.45) is 1.85. The number of fused-ring (bicyclic) bond motifs is 2. The molecule has 0 aliphatic carbocycles. The molecule has 2 heterocycles. The Morgan fingerprint density at radius 1 is 1.36 bits per heavy atom. The molecule has 1 aromatic heterocycles. The number of aryl methyl sites for hydroxylation is 1. The summed E-state index contributed by atoms with van der Waals surface area (Å²) in [4.78, 5) is 14.5. The monoisotopic (exact) mass is 396 g/mol. The minimum absolute atomic E-state index is 0.0449. The molecule has 126 valence electrons. The Balaban J connectivity index is 1.86. The first-order valence-corrected chi connectivity index (χ1v) is 8.71. The van der Waals surface area contributed by atoms with Crippen molar-refractivity contribution in [2.75, 3.05) is 12.3 Å². The molecular formula is C19H17BrN4O. The maximum atomic E-state index is 12.7. The maximum absolute atomic E-state index is 12.7. The molecule has 1 aliphatic heterocycles. The Morgan fingerprint density at radius 3 is 2.92 bits per heavy atom. The van der Waals surface area contributed by atoms with Gasteiger partial charge in [0.15, 0.2) is 0 Å². The number of anilines is 1. The number of halogens is 1. The van der Waals surface area contributed by atoms with Crippen LogP contribution in [-0.2, 0) is 13.6 Å². The number of nitrogens with zero attached hydrogens (tertiary/aromatic N) is 3. The Labute approximate surface area is 153 Å². The van der Waals surface area contributed by atoms with E-state index in [1.54, 1.807) is 4.90 Å². The molecule has 25 heavy (non-hydrogen) atoms. The summed E-state index contributed by atoms with van der Waals surface area (Å²) in [5.41, 5.74) is 11.3. The lowest BCUT2D eigenvalue weighted by molar-refractivity contribution is 0.0796. The summed E-state index contributed by atoms with van der Waals surface area (Å²) in [7, 11) is 1.92. The lowest BCUT2D eigenvalue weighted by Gasteiger charge is -2.14. The molecule has 0 fully saturated rings. The zero-order valence-corrected chi connectivity index (χ0v) is 15.4. The molecule has 0 atom stereocenters. The predicted octanol–water partition coefficient (Wildman–Crippen LogP) is 3.69. The van der Waals surface area contributed by atoms with Gasteiger partial charge in [-0.15, -0.1) is 0 Å². The Kier molecular flexibility index (Phi) is 3.65. The predicted molar refractivity (Wildman–Crippen MR) is 103 cm³/mol. The second-order valence-corrected chi connectivity index (χ2v) is 7.40. The zero-order valence-electron chi connectivity index (χ0n) is 13.8. The molecule has 0 saturated heterocycles. The van der Waals surface area contributed by atoms with Gasteiger partial charge in [0.05, 0.1) is 23.8 Å². The molecule has 1 aliphatic rings. The van der Waals surface area contributed by atoms with E-state index >= 15 is 0 Å². The van der Waals surface area contributed by atoms with Crippen LogP contribution in [0.15, 0.2) is 47.6 Å². The van der Waals surface area contributed by atoms with Crippen LogP contribution in [0, 0.1) is 0 Å². The standard InChI is InChI=1S/C19H17BrN4O/c1-11(20)9-24-10-15-14(5-6-16(21)18(15)19(24)25)12-3-4-13-8-22-23(2)17(13)7-12/h3-8H,1,9-10,21H2,2H3. The molecular weight excluding hydrogens is 380 g/mol. The number of rotatable bonds is 3. The largest absolute Gasteiger partial charge is 0.398 e. The van der Waals surface area contributed by atoms with Gasteiger partial charge < -0.3 is 10.6 Å². The molecule has 3 aromatic rings. The van der Waals surface area contributed by atoms with Gasteiger partial charge in [0.2, 0.25) is 0 Å². The molecule has 0 saturated carbocycles. The van der Waals surface area contributed by atoms with Crippen LogP contribution in [-0.4, -0.2) is 27.1 Å². The van der Waals surface area contributed by atoms with Crippen molar-refractivity contribution >= 4 is 38.4 Å². The molecule has 2 aromatic carbocycles. The number of hydrogen-bond donors (Lipinski definition) is 1. The first-order valence-electron chi connectivity index (χ1n) is 7.91. The molecule has 2 N–H and O–H groups in total. The van der Waals surface area contributed by atoms with Gasteiger partial charge in [-0.25, -0.2) is 0 Å². The van der Waals surface area contributed by atoms with E-state index in [1.807, 2.05) is 30.1 Å². The summed E-state index contributed by atoms with van der Waals surface area (Å²) >= 11 is 3.34. The fourth-order valence-corrected chi connectivity index (χ4v) is 3.72. The minimum atomic E-state index is -0.0449. The van der Waals surface area contributed by atoms with Gasteiger partial charge in [-0.1, -0.05) is 40.7 Å². The summed E-state index contributed by atoms with van der Waals surface area (Å²) in [6, 6.07) is 10.0. The highest BCUT2D eigenvalue weighted by molar-refractivity contribution is 9.11. The van der Waals surface area contributed by atoms with Crippen LogP contribution < -0.4 is 5.73 Å². The van der Waals surface area contributed by atoms with Gasteiger partial charge in [-0.05, 0) is 28.8 Å². The second kappa shape index (κ2) is 5.74. The van der Waals surface area contributed by atoms with Crippen LogP contribution in [0.5, 0.6) is 0 Å². The van der Waals surface area contributed by atoms with Crippen LogP contribution in [0.2, 0.25) is 0 Å². The van der Waals surface area contributed by atoms with Crippen molar-refractivity contribution in [1.29, 1.82) is 0 Å². The fourth-order valence-electron chi connectivity index (χ4n) is 3.42. The number of carbonyl (C=O) groups is 1. The summed E-state index contributed by atoms with van der Waals surface area (Å²) in [5.74, 6) is -0.0449. The molecule has 0 radical (unpaired) electrons. The zero-order chi connectivity index (χ0) is 17.7. The summed E-state index contributed by atoms with van der Waals surface area (Å²) < 4.78 is 2.62. The van der Waals surface area contributed by atoms with Crippen molar-refractivity contribution in [1.82, 2.24) is 14.7 Å². The molecule has 0 bridgehead atoms. The Bertz CT molecular complexity index is 1040. The quantitative estimate of drug-likeness (QED) is 0.686. The topological polar surface area (TPSA) is 64.2 Å². The summed E-state index contributed by atoms with van der Waals surface area (Å²) in [6.45, 7) is 4.83. The maximum Gasteiger partial charge on any atom is 0.256 e. The molecule has 6 heteroatoms. The number of hydrogen-bond acceptors (Lipinski definition) is 3. The molecule has 0 unspecified atom stereocenters. The van der Waals surface area contributed by atoms with E-state index < -0.39 is 0 Å². The fraction of sp³-hybridized carbons (Fsp3) is 0.158. The van der Waals surface area contributed by atoms with E-state index in [9.17, 15) is 4.79 Å². The van der Waals surface area contributed by atoms with Gasteiger partial charge >= 0.3 is 0 Å². The normalized spacial score (nSPS) is 13.5. The highest BCUT2D eigenvalue weighted by atomic mass is 79.9. The average molecular weight is 397 g/mol. The molecule has 5 nitrogen and oxygen atoms in total. The highest BCUT2D eigenvalue weighted by Crippen LogP contribution is 2.37. The number of carbonyl (C=O) groups excluding carboxylic acids is 1. The first-order chi connectivity index (χ1) is 12.0. The van der Waals surface area contributed by atoms with E-state index in [-0.39, 0.29) is 5.91 Å². The van der Waals surface area contributed by atoms with Gasteiger partial charge in [-0.3, -0.25) is 9.48 Å². The third-order valence-electron chi connectivity index (χ3n) is 4.62. The van der Waals surface area contributed by atoms with Crippen LogP contribution >= 0.6 is 15.9 Å². The van der Waals surface area contributed by atoms with E-state index in [2.05, 4.69) is 45.8 Å². The van der Waals surface area contributed by atoms with E-state index in [4.69, 9.17) is 5.73 Å². The molecule has 0 spiro atoms. The van der Waals surface area contributed by atoms with Gasteiger partial charge in [0.1, 0.15) is 0 Å². The third kappa shape index (κ3) is 2.53. The van der Waals surface area contributed by atoms with E-state index in [0.29, 0.717) is 24.3 Å². The van der Waals surface area contributed by atoms with Crippen molar-refractivity contribution in [3.8, 4) is 11.1 Å². The van der Waals surface area contributed by atoms with Gasteiger partial charge in [0.25, 0.3) is 5.91 Å². The number of nitrogens with two attached hydrogens (primary N) is 1. The van der Waals surface area contributed by atoms with E-state index in [0.717, 1.165) is 32.1 Å². The van der Waals surface area contributed by atoms with E-state index in [1.165, 1.54) is 0 Å². The highest BCUT2D eigenvalue weighted by Gasteiger charge is 2.31. The number of aromatic nitrogens is 2. The van der Waals surface area contributed by atoms with Gasteiger partial charge in [-0.2, -0.15) is 5.10 Å². The van der Waals surface area contributed by atoms with Crippen molar-refractivity contribution in [2.45, 2.75) is 6.54 Å². The van der Waals surface area contributed by atoms with Crippen LogP contribution in [0.1, 0.15) is 15.9 Å². The third-order valence-corrected chi connectivity index (χ3v) is 4.87. The van der Waals surface area contributed by atoms with Crippen LogP contribution in [0.3, 0.4) is 0 Å². The number of amides is 1. The number of nitrogen functional groups attached to an aromatic ring is 1. The molecule has 1 amide bonds. The van der Waals surface area contributed by atoms with Crippen LogP contribution in [0.25, 0.3) is 22.0 Å². The second-order valence-electron chi connectivity index (χ2n) is 6.28. The first kappa shape index (κ1) is 15.9. The number of benzene rings is 2. The average Bonchev–Trinajstić information content (AvgIpc) is 3.09. The SMILES string of the molecule is C=C(Br)CN1Cc2c(-c3ccc4cnn(C)c4c3)ccc(N)c2C1=O.